The van der Waals surface area contributed by atoms with Crippen molar-refractivity contribution in [2.75, 3.05) is 44.1 Å². The van der Waals surface area contributed by atoms with Crippen LogP contribution in [0.1, 0.15) is 5.56 Å². The molecule has 1 N–H and O–H groups in total. The van der Waals surface area contributed by atoms with Crippen molar-refractivity contribution in [2.24, 2.45) is 0 Å². The van der Waals surface area contributed by atoms with Crippen LogP contribution in [0.15, 0.2) is 42.5 Å². The van der Waals surface area contributed by atoms with Gasteiger partial charge in [-0.3, -0.25) is 9.69 Å². The smallest absolute Gasteiger partial charge is 0.325 e. The molecule has 0 aromatic heterocycles. The van der Waals surface area contributed by atoms with Gasteiger partial charge in [0.2, 0.25) is 5.91 Å². The van der Waals surface area contributed by atoms with Crippen LogP contribution >= 0.6 is 0 Å². The fourth-order valence-electron chi connectivity index (χ4n) is 3.09. The van der Waals surface area contributed by atoms with Crippen LogP contribution < -0.4 is 19.7 Å². The van der Waals surface area contributed by atoms with Gasteiger partial charge in [-0.2, -0.15) is 0 Å². The lowest BCUT2D eigenvalue weighted by Crippen LogP contribution is -2.37. The first-order valence-corrected chi connectivity index (χ1v) is 8.67. The molecule has 0 radical (unpaired) electrons. The van der Waals surface area contributed by atoms with E-state index in [9.17, 15) is 9.59 Å². The Morgan fingerprint density at radius 3 is 2.56 bits per heavy atom. The highest BCUT2D eigenvalue weighted by atomic mass is 16.5. The lowest BCUT2D eigenvalue weighted by molar-refractivity contribution is -0.116. The van der Waals surface area contributed by atoms with Gasteiger partial charge >= 0.3 is 6.03 Å². The van der Waals surface area contributed by atoms with Crippen LogP contribution in [0.4, 0.5) is 16.2 Å². The summed E-state index contributed by atoms with van der Waals surface area (Å²) in [7, 11) is 3.12. The number of ether oxygens (including phenoxy) is 2. The molecule has 7 nitrogen and oxygen atoms in total. The third kappa shape index (κ3) is 3.97. The molecule has 0 spiro atoms. The first-order valence-electron chi connectivity index (χ1n) is 8.67. The lowest BCUT2D eigenvalue weighted by Gasteiger charge is -2.20. The van der Waals surface area contributed by atoms with E-state index in [0.29, 0.717) is 36.0 Å². The number of benzene rings is 2. The molecule has 3 rings (SSSR count). The molecule has 1 heterocycles. The molecule has 0 aliphatic carbocycles. The summed E-state index contributed by atoms with van der Waals surface area (Å²) in [5.74, 6) is 0.938. The zero-order valence-corrected chi connectivity index (χ0v) is 15.7. The first kappa shape index (κ1) is 18.6. The molecule has 1 aliphatic rings. The van der Waals surface area contributed by atoms with E-state index in [2.05, 4.69) is 5.32 Å². The zero-order valence-electron chi connectivity index (χ0n) is 15.7. The summed E-state index contributed by atoms with van der Waals surface area (Å²) in [6, 6.07) is 12.7. The summed E-state index contributed by atoms with van der Waals surface area (Å²) < 4.78 is 10.6. The fraction of sp³-hybridized carbons (Fsp3) is 0.300. The van der Waals surface area contributed by atoms with Gasteiger partial charge in [0.05, 0.1) is 25.6 Å². The molecular formula is C20H23N3O4. The maximum atomic E-state index is 12.7. The van der Waals surface area contributed by atoms with Crippen molar-refractivity contribution >= 4 is 23.3 Å². The third-order valence-corrected chi connectivity index (χ3v) is 4.43. The molecule has 3 amide bonds. The molecule has 0 bridgehead atoms. The Morgan fingerprint density at radius 2 is 1.81 bits per heavy atom. The van der Waals surface area contributed by atoms with Crippen molar-refractivity contribution in [2.45, 2.75) is 6.92 Å². The number of nitrogens with zero attached hydrogens (tertiary/aromatic N) is 2. The number of nitrogens with one attached hydrogen (secondary N) is 1. The number of rotatable bonds is 6. The minimum Gasteiger partial charge on any atom is -0.495 e. The van der Waals surface area contributed by atoms with E-state index in [1.807, 2.05) is 43.3 Å². The van der Waals surface area contributed by atoms with Crippen molar-refractivity contribution in [3.05, 3.63) is 48.0 Å². The predicted octanol–water partition coefficient (Wildman–Crippen LogP) is 2.89. The van der Waals surface area contributed by atoms with Gasteiger partial charge in [-0.1, -0.05) is 18.2 Å². The largest absolute Gasteiger partial charge is 0.495 e. The number of amides is 3. The normalized spacial score (nSPS) is 13.7. The molecule has 142 valence electrons. The van der Waals surface area contributed by atoms with E-state index >= 15 is 0 Å². The molecule has 2 aromatic carbocycles. The van der Waals surface area contributed by atoms with Crippen molar-refractivity contribution in [3.63, 3.8) is 0 Å². The summed E-state index contributed by atoms with van der Waals surface area (Å²) in [5, 5.41) is 2.83. The van der Waals surface area contributed by atoms with Crippen molar-refractivity contribution < 1.29 is 19.1 Å². The van der Waals surface area contributed by atoms with Crippen molar-refractivity contribution in [1.82, 2.24) is 4.90 Å². The highest BCUT2D eigenvalue weighted by Gasteiger charge is 2.32. The Labute approximate surface area is 158 Å². The van der Waals surface area contributed by atoms with Crippen LogP contribution in [-0.4, -0.2) is 50.7 Å². The van der Waals surface area contributed by atoms with Crippen LogP contribution in [-0.2, 0) is 4.79 Å². The number of para-hydroxylation sites is 2. The lowest BCUT2D eigenvalue weighted by atomic mass is 10.2. The Hall–Kier alpha value is -3.22. The molecule has 2 aromatic rings. The van der Waals surface area contributed by atoms with E-state index < -0.39 is 0 Å². The quantitative estimate of drug-likeness (QED) is 0.850. The molecule has 1 aliphatic heterocycles. The Balaban J connectivity index is 1.68. The number of carbonyl (C=O) groups excluding carboxylic acids is 2. The molecule has 0 saturated carbocycles. The van der Waals surface area contributed by atoms with Gasteiger partial charge in [-0.15, -0.1) is 0 Å². The summed E-state index contributed by atoms with van der Waals surface area (Å²) >= 11 is 0. The molecule has 0 unspecified atom stereocenters. The van der Waals surface area contributed by atoms with Crippen LogP contribution in [0.3, 0.4) is 0 Å². The number of hydrogen-bond acceptors (Lipinski definition) is 4. The average Bonchev–Trinajstić information content (AvgIpc) is 3.02. The average molecular weight is 369 g/mol. The van der Waals surface area contributed by atoms with Gasteiger partial charge in [0.1, 0.15) is 18.0 Å². The van der Waals surface area contributed by atoms with E-state index in [-0.39, 0.29) is 18.5 Å². The number of methoxy groups -OCH3 is 2. The van der Waals surface area contributed by atoms with Crippen LogP contribution in [0, 0.1) is 6.92 Å². The maximum absolute atomic E-state index is 12.7. The number of anilines is 2. The fourth-order valence-corrected chi connectivity index (χ4v) is 3.09. The Bertz CT molecular complexity index is 853. The van der Waals surface area contributed by atoms with E-state index in [1.54, 1.807) is 25.2 Å². The minimum absolute atomic E-state index is 0.0262. The highest BCUT2D eigenvalue weighted by Crippen LogP contribution is 2.30. The minimum atomic E-state index is -0.269. The molecule has 27 heavy (non-hydrogen) atoms. The number of aryl methyl sites for hydroxylation is 1. The van der Waals surface area contributed by atoms with Gasteiger partial charge in [0.25, 0.3) is 0 Å². The van der Waals surface area contributed by atoms with Crippen LogP contribution in [0.25, 0.3) is 0 Å². The highest BCUT2D eigenvalue weighted by molar-refractivity contribution is 6.00. The first-order chi connectivity index (χ1) is 13.0. The summed E-state index contributed by atoms with van der Waals surface area (Å²) in [4.78, 5) is 28.3. The van der Waals surface area contributed by atoms with Gasteiger partial charge in [0, 0.05) is 13.1 Å². The SMILES string of the molecule is COc1ccc(C)cc1NC(=O)CN1CCN(c2ccccc2OC)C1=O. The third-order valence-electron chi connectivity index (χ3n) is 4.43. The van der Waals surface area contributed by atoms with E-state index in [1.165, 1.54) is 4.90 Å². The van der Waals surface area contributed by atoms with Gasteiger partial charge < -0.3 is 19.7 Å². The predicted molar refractivity (Wildman–Crippen MR) is 104 cm³/mol. The summed E-state index contributed by atoms with van der Waals surface area (Å²) in [6.07, 6.45) is 0. The molecule has 1 saturated heterocycles. The Kier molecular flexibility index (Phi) is 5.49. The van der Waals surface area contributed by atoms with E-state index in [0.717, 1.165) is 5.56 Å². The molecular weight excluding hydrogens is 346 g/mol. The topological polar surface area (TPSA) is 71.1 Å². The van der Waals surface area contributed by atoms with Crippen molar-refractivity contribution in [3.8, 4) is 11.5 Å². The number of carbonyl (C=O) groups is 2. The maximum Gasteiger partial charge on any atom is 0.325 e. The number of urea groups is 1. The van der Waals surface area contributed by atoms with Gasteiger partial charge in [-0.25, -0.2) is 4.79 Å². The van der Waals surface area contributed by atoms with Crippen LogP contribution in [0.5, 0.6) is 11.5 Å². The monoisotopic (exact) mass is 369 g/mol. The Morgan fingerprint density at radius 1 is 1.07 bits per heavy atom. The standard InChI is InChI=1S/C20H23N3O4/c1-14-8-9-17(26-2)15(12-14)21-19(24)13-22-10-11-23(20(22)25)16-6-4-5-7-18(16)27-3/h4-9,12H,10-11,13H2,1-3H3,(H,21,24). The summed E-state index contributed by atoms with van der Waals surface area (Å²) in [6.45, 7) is 2.88. The zero-order chi connectivity index (χ0) is 19.4. The van der Waals surface area contributed by atoms with Crippen LogP contribution in [0.2, 0.25) is 0 Å². The molecule has 7 heteroatoms. The molecule has 1 fully saturated rings. The second-order valence-corrected chi connectivity index (χ2v) is 6.28. The second-order valence-electron chi connectivity index (χ2n) is 6.28. The molecule has 0 atom stereocenters. The number of hydrogen-bond donors (Lipinski definition) is 1. The second kappa shape index (κ2) is 7.99. The van der Waals surface area contributed by atoms with Crippen molar-refractivity contribution in [1.29, 1.82) is 0 Å². The van der Waals surface area contributed by atoms with Gasteiger partial charge in [-0.05, 0) is 36.8 Å². The van der Waals surface area contributed by atoms with E-state index in [4.69, 9.17) is 9.47 Å². The summed E-state index contributed by atoms with van der Waals surface area (Å²) in [5.41, 5.74) is 2.30. The van der Waals surface area contributed by atoms with Gasteiger partial charge in [0.15, 0.2) is 0 Å².